The molecule has 2 N–H and O–H groups in total. The highest BCUT2D eigenvalue weighted by atomic mass is 32.2. The van der Waals surface area contributed by atoms with Gasteiger partial charge >= 0.3 is 5.97 Å². The van der Waals surface area contributed by atoms with Crippen molar-refractivity contribution in [2.45, 2.75) is 62.1 Å². The molecule has 5 rings (SSSR count). The number of aryl methyl sites for hydroxylation is 2. The Labute approximate surface area is 222 Å². The van der Waals surface area contributed by atoms with Crippen molar-refractivity contribution in [1.82, 2.24) is 4.90 Å². The van der Waals surface area contributed by atoms with Gasteiger partial charge in [-0.3, -0.25) is 14.4 Å². The number of carbonyl (C=O) groups is 3. The number of aliphatic hydroxyl groups excluding tert-OH is 1. The average Bonchev–Trinajstić information content (AvgIpc) is 3.53. The lowest BCUT2D eigenvalue weighted by molar-refractivity contribution is -0.154. The molecule has 2 unspecified atom stereocenters. The number of nitrogens with zero attached hydrogens (tertiary/aromatic N) is 1. The van der Waals surface area contributed by atoms with E-state index in [-0.39, 0.29) is 36.2 Å². The number of fused-ring (bicyclic) bond motifs is 1. The van der Waals surface area contributed by atoms with Gasteiger partial charge in [0, 0.05) is 10.9 Å². The number of anilines is 1. The number of amides is 2. The molecule has 2 aromatic rings. The summed E-state index contributed by atoms with van der Waals surface area (Å²) in [7, 11) is 0. The van der Waals surface area contributed by atoms with E-state index in [1.807, 2.05) is 62.4 Å². The molecule has 1 spiro atoms. The topological polar surface area (TPSA) is 95.9 Å². The van der Waals surface area contributed by atoms with E-state index in [1.54, 1.807) is 23.6 Å². The van der Waals surface area contributed by atoms with Crippen LogP contribution in [0.3, 0.4) is 0 Å². The molecule has 8 heteroatoms. The van der Waals surface area contributed by atoms with E-state index in [9.17, 15) is 19.5 Å². The van der Waals surface area contributed by atoms with Gasteiger partial charge in [0.25, 0.3) is 0 Å². The second kappa shape index (κ2) is 10.1. The zero-order valence-electron chi connectivity index (χ0n) is 21.5. The number of nitrogens with one attached hydrogen (secondary N) is 1. The third-order valence-corrected chi connectivity index (χ3v) is 10.1. The van der Waals surface area contributed by atoms with Crippen molar-refractivity contribution in [3.05, 3.63) is 65.2 Å². The molecule has 3 heterocycles. The van der Waals surface area contributed by atoms with Crippen LogP contribution in [0.4, 0.5) is 5.69 Å². The first-order chi connectivity index (χ1) is 17.8. The molecule has 3 aliphatic rings. The van der Waals surface area contributed by atoms with Gasteiger partial charge < -0.3 is 20.1 Å². The fourth-order valence-electron chi connectivity index (χ4n) is 6.63. The molecule has 2 bridgehead atoms. The van der Waals surface area contributed by atoms with Crippen molar-refractivity contribution in [2.24, 2.45) is 11.8 Å². The molecule has 7 nitrogen and oxygen atoms in total. The van der Waals surface area contributed by atoms with Crippen LogP contribution in [-0.4, -0.2) is 63.1 Å². The molecule has 0 radical (unpaired) electrons. The van der Waals surface area contributed by atoms with Gasteiger partial charge in [-0.2, -0.15) is 0 Å². The Morgan fingerprint density at radius 2 is 1.86 bits per heavy atom. The maximum Gasteiger partial charge on any atom is 0.310 e. The highest BCUT2D eigenvalue weighted by Crippen LogP contribution is 2.66. The fraction of sp³-hybridized carbons (Fsp3) is 0.483. The van der Waals surface area contributed by atoms with E-state index >= 15 is 0 Å². The first-order valence-corrected chi connectivity index (χ1v) is 13.9. The van der Waals surface area contributed by atoms with Crippen LogP contribution >= 0.6 is 11.8 Å². The van der Waals surface area contributed by atoms with E-state index in [4.69, 9.17) is 4.74 Å². The van der Waals surface area contributed by atoms with Gasteiger partial charge in [0.15, 0.2) is 0 Å². The number of rotatable bonds is 8. The predicted octanol–water partition coefficient (Wildman–Crippen LogP) is 3.50. The highest BCUT2D eigenvalue weighted by Gasteiger charge is 2.74. The lowest BCUT2D eigenvalue weighted by atomic mass is 9.71. The molecule has 0 saturated carbocycles. The summed E-state index contributed by atoms with van der Waals surface area (Å²) >= 11 is 1.60. The first-order valence-electron chi connectivity index (χ1n) is 13.0. The smallest absolute Gasteiger partial charge is 0.310 e. The first kappa shape index (κ1) is 25.8. The van der Waals surface area contributed by atoms with Crippen LogP contribution in [0.2, 0.25) is 0 Å². The largest absolute Gasteiger partial charge is 0.466 e. The van der Waals surface area contributed by atoms with Crippen LogP contribution in [0.15, 0.2) is 48.5 Å². The molecule has 196 valence electrons. The summed E-state index contributed by atoms with van der Waals surface area (Å²) in [6.07, 6.45) is 1.83. The number of benzene rings is 2. The van der Waals surface area contributed by atoms with Crippen molar-refractivity contribution in [3.63, 3.8) is 0 Å². The summed E-state index contributed by atoms with van der Waals surface area (Å²) in [6, 6.07) is 14.1. The average molecular weight is 523 g/mol. The number of hydrogen-bond donors (Lipinski definition) is 2. The molecule has 2 amide bonds. The van der Waals surface area contributed by atoms with Crippen LogP contribution in [0.1, 0.15) is 36.5 Å². The van der Waals surface area contributed by atoms with Gasteiger partial charge in [-0.15, -0.1) is 11.8 Å². The van der Waals surface area contributed by atoms with Gasteiger partial charge in [-0.1, -0.05) is 48.5 Å². The van der Waals surface area contributed by atoms with Crippen LogP contribution in [0, 0.1) is 25.7 Å². The van der Waals surface area contributed by atoms with Crippen LogP contribution in [0.5, 0.6) is 0 Å². The summed E-state index contributed by atoms with van der Waals surface area (Å²) in [5.74, 6) is -2.09. The Balaban J connectivity index is 1.56. The molecular formula is C29H34N2O5S. The monoisotopic (exact) mass is 522 g/mol. The molecule has 37 heavy (non-hydrogen) atoms. The summed E-state index contributed by atoms with van der Waals surface area (Å²) in [5, 5.41) is 13.6. The van der Waals surface area contributed by atoms with Crippen LogP contribution in [-0.2, 0) is 25.5 Å². The normalized spacial score (nSPS) is 28.8. The third-order valence-electron chi connectivity index (χ3n) is 8.19. The number of esters is 1. The van der Waals surface area contributed by atoms with Crippen molar-refractivity contribution < 1.29 is 24.2 Å². The number of carbonyl (C=O) groups excluding carboxylic acids is 3. The lowest BCUT2D eigenvalue weighted by Crippen LogP contribution is -2.55. The fourth-order valence-corrected chi connectivity index (χ4v) is 8.82. The summed E-state index contributed by atoms with van der Waals surface area (Å²) < 4.78 is 4.67. The van der Waals surface area contributed by atoms with Gasteiger partial charge in [0.05, 0.1) is 35.8 Å². The van der Waals surface area contributed by atoms with Gasteiger partial charge in [0.2, 0.25) is 11.8 Å². The Morgan fingerprint density at radius 1 is 1.16 bits per heavy atom. The molecule has 6 atom stereocenters. The number of aliphatic hydroxyl groups is 1. The van der Waals surface area contributed by atoms with Crippen LogP contribution in [0.25, 0.3) is 0 Å². The SMILES string of the molecule is CCOC(=O)[C@@H]1[C@H]2C(=O)N([C@@H](CO)Cc3ccccc3)C(C(=O)Nc3c(C)cccc3C)C23CC[C@H]1S3. The quantitative estimate of drug-likeness (QED) is 0.516. The second-order valence-electron chi connectivity index (χ2n) is 10.3. The number of thioether (sulfide) groups is 1. The zero-order chi connectivity index (χ0) is 26.3. The number of likely N-dealkylation sites (tertiary alicyclic amines) is 1. The van der Waals surface area contributed by atoms with Crippen molar-refractivity contribution in [3.8, 4) is 0 Å². The molecule has 0 aromatic heterocycles. The Kier molecular flexibility index (Phi) is 7.07. The van der Waals surface area contributed by atoms with Crippen LogP contribution < -0.4 is 5.32 Å². The van der Waals surface area contributed by atoms with Gasteiger partial charge in [-0.05, 0) is 56.7 Å². The Bertz CT molecular complexity index is 1180. The minimum atomic E-state index is -0.806. The van der Waals surface area contributed by atoms with Crippen molar-refractivity contribution in [2.75, 3.05) is 18.5 Å². The van der Waals surface area contributed by atoms with Gasteiger partial charge in [0.1, 0.15) is 6.04 Å². The molecular weight excluding hydrogens is 488 g/mol. The Morgan fingerprint density at radius 3 is 2.51 bits per heavy atom. The minimum Gasteiger partial charge on any atom is -0.466 e. The minimum absolute atomic E-state index is 0.0488. The summed E-state index contributed by atoms with van der Waals surface area (Å²) in [5.41, 5.74) is 3.59. The van der Waals surface area contributed by atoms with E-state index in [0.29, 0.717) is 12.8 Å². The predicted molar refractivity (Wildman–Crippen MR) is 143 cm³/mol. The highest BCUT2D eigenvalue weighted by molar-refractivity contribution is 8.02. The standard InChI is InChI=1S/C29H34N2O5S/c1-4-36-28(35)22-21-13-14-29(37-21)23(22)27(34)31(20(16-32)15-19-11-6-5-7-12-19)25(29)26(33)30-24-17(2)9-8-10-18(24)3/h5-12,20-23,25,32H,4,13-16H2,1-3H3,(H,30,33)/t20-,21-,22+,23+,25?,29?/m1/s1. The van der Waals surface area contributed by atoms with E-state index in [0.717, 1.165) is 28.8 Å². The third kappa shape index (κ3) is 4.24. The number of hydrogen-bond acceptors (Lipinski definition) is 6. The van der Waals surface area contributed by atoms with E-state index in [2.05, 4.69) is 5.32 Å². The van der Waals surface area contributed by atoms with Crippen molar-refractivity contribution in [1.29, 1.82) is 0 Å². The van der Waals surface area contributed by atoms with E-state index < -0.39 is 28.7 Å². The Hall–Kier alpha value is -2.84. The maximum absolute atomic E-state index is 14.2. The molecule has 3 aliphatic heterocycles. The molecule has 3 saturated heterocycles. The number of ether oxygens (including phenoxy) is 1. The van der Waals surface area contributed by atoms with E-state index in [1.165, 1.54) is 0 Å². The zero-order valence-corrected chi connectivity index (χ0v) is 22.3. The summed E-state index contributed by atoms with van der Waals surface area (Å²) in [6.45, 7) is 5.61. The molecule has 3 fully saturated rings. The lowest BCUT2D eigenvalue weighted by Gasteiger charge is -2.37. The summed E-state index contributed by atoms with van der Waals surface area (Å²) in [4.78, 5) is 43.0. The van der Waals surface area contributed by atoms with Crippen molar-refractivity contribution >= 4 is 35.2 Å². The molecule has 0 aliphatic carbocycles. The van der Waals surface area contributed by atoms with Gasteiger partial charge in [-0.25, -0.2) is 0 Å². The number of para-hydroxylation sites is 1. The molecule has 2 aromatic carbocycles. The second-order valence-corrected chi connectivity index (χ2v) is 11.9. The maximum atomic E-state index is 14.2.